The van der Waals surface area contributed by atoms with Gasteiger partial charge in [-0.1, -0.05) is 44.2 Å². The highest BCUT2D eigenvalue weighted by Crippen LogP contribution is 2.64. The number of hydrogen-bond donors (Lipinski definition) is 1. The maximum atomic E-state index is 12.8. The molecule has 2 aliphatic carbocycles. The second-order valence-electron chi connectivity index (χ2n) is 8.09. The molecule has 4 rings (SSSR count). The first kappa shape index (κ1) is 16.6. The Labute approximate surface area is 148 Å². The standard InChI is InChI=1S/C20H23NO3S/c1-19(2)16-9-10-20(19,18(22)12-16)13-25(23,24)21-17-8-7-14-5-3-4-6-15(14)11-17/h3-8,11,16,21H,9-10,12-13H2,1-2H3/t16-,20+/m0/s1. The van der Waals surface area contributed by atoms with E-state index in [9.17, 15) is 13.2 Å². The highest BCUT2D eigenvalue weighted by molar-refractivity contribution is 7.92. The van der Waals surface area contributed by atoms with Crippen molar-refractivity contribution in [1.82, 2.24) is 0 Å². The average Bonchev–Trinajstić information content (AvgIpc) is 2.88. The number of benzene rings is 2. The summed E-state index contributed by atoms with van der Waals surface area (Å²) >= 11 is 0. The number of anilines is 1. The zero-order valence-electron chi connectivity index (χ0n) is 14.6. The Kier molecular flexibility index (Phi) is 3.52. The van der Waals surface area contributed by atoms with Gasteiger partial charge in [-0.25, -0.2) is 8.42 Å². The van der Waals surface area contributed by atoms with E-state index in [1.807, 2.05) is 36.4 Å². The number of Topliss-reactive ketones (excluding diaryl/α,β-unsaturated/α-hetero) is 1. The molecule has 0 aromatic heterocycles. The second kappa shape index (κ2) is 5.31. The van der Waals surface area contributed by atoms with Crippen LogP contribution in [-0.4, -0.2) is 20.0 Å². The van der Waals surface area contributed by atoms with Crippen molar-refractivity contribution in [1.29, 1.82) is 0 Å². The van der Waals surface area contributed by atoms with Crippen molar-refractivity contribution >= 4 is 32.3 Å². The van der Waals surface area contributed by atoms with Gasteiger partial charge in [0.1, 0.15) is 5.78 Å². The third kappa shape index (κ3) is 2.48. The Bertz CT molecular complexity index is 964. The van der Waals surface area contributed by atoms with Crippen LogP contribution in [0.1, 0.15) is 33.1 Å². The van der Waals surface area contributed by atoms with Gasteiger partial charge in [0.2, 0.25) is 10.0 Å². The molecule has 2 saturated carbocycles. The summed E-state index contributed by atoms with van der Waals surface area (Å²) < 4.78 is 28.4. The third-order valence-electron chi connectivity index (χ3n) is 6.60. The number of sulfonamides is 1. The van der Waals surface area contributed by atoms with E-state index in [2.05, 4.69) is 18.6 Å². The fourth-order valence-corrected chi connectivity index (χ4v) is 6.79. The van der Waals surface area contributed by atoms with E-state index in [4.69, 9.17) is 0 Å². The fourth-order valence-electron chi connectivity index (χ4n) is 4.90. The highest BCUT2D eigenvalue weighted by Gasteiger charge is 2.65. The zero-order valence-corrected chi connectivity index (χ0v) is 15.4. The van der Waals surface area contributed by atoms with Gasteiger partial charge in [0.15, 0.2) is 0 Å². The number of carbonyl (C=O) groups is 1. The van der Waals surface area contributed by atoms with E-state index in [0.717, 1.165) is 17.2 Å². The van der Waals surface area contributed by atoms with Crippen molar-refractivity contribution in [2.45, 2.75) is 33.1 Å². The highest BCUT2D eigenvalue weighted by atomic mass is 32.2. The lowest BCUT2D eigenvalue weighted by Crippen LogP contribution is -2.43. The fraction of sp³-hybridized carbons (Fsp3) is 0.450. The molecule has 2 atom stereocenters. The van der Waals surface area contributed by atoms with Gasteiger partial charge in [0.05, 0.1) is 11.2 Å². The number of carbonyl (C=O) groups excluding carboxylic acids is 1. The van der Waals surface area contributed by atoms with Gasteiger partial charge >= 0.3 is 0 Å². The van der Waals surface area contributed by atoms with Crippen LogP contribution in [0.4, 0.5) is 5.69 Å². The van der Waals surface area contributed by atoms with Crippen LogP contribution in [0.3, 0.4) is 0 Å². The number of rotatable bonds is 4. The maximum absolute atomic E-state index is 12.8. The Balaban J connectivity index is 1.62. The molecule has 2 aromatic carbocycles. The van der Waals surface area contributed by atoms with E-state index in [0.29, 0.717) is 24.4 Å². The average molecular weight is 357 g/mol. The van der Waals surface area contributed by atoms with Gasteiger partial charge in [-0.05, 0) is 47.1 Å². The summed E-state index contributed by atoms with van der Waals surface area (Å²) in [7, 11) is -3.61. The Morgan fingerprint density at radius 1 is 1.12 bits per heavy atom. The van der Waals surface area contributed by atoms with Crippen molar-refractivity contribution in [2.75, 3.05) is 10.5 Å². The molecule has 0 saturated heterocycles. The van der Waals surface area contributed by atoms with Crippen LogP contribution in [0.5, 0.6) is 0 Å². The Hall–Kier alpha value is -1.88. The molecule has 0 heterocycles. The first-order chi connectivity index (χ1) is 11.7. The number of hydrogen-bond acceptors (Lipinski definition) is 3. The molecule has 2 bridgehead atoms. The molecule has 0 radical (unpaired) electrons. The number of ketones is 1. The maximum Gasteiger partial charge on any atom is 0.233 e. The van der Waals surface area contributed by atoms with Crippen molar-refractivity contribution in [3.8, 4) is 0 Å². The van der Waals surface area contributed by atoms with Crippen LogP contribution < -0.4 is 4.72 Å². The lowest BCUT2D eigenvalue weighted by molar-refractivity contribution is -0.128. The molecule has 0 spiro atoms. The normalized spacial score (nSPS) is 27.8. The molecule has 4 nitrogen and oxygen atoms in total. The predicted octanol–water partition coefficient (Wildman–Crippen LogP) is 3.98. The van der Waals surface area contributed by atoms with E-state index in [1.54, 1.807) is 6.07 Å². The second-order valence-corrected chi connectivity index (χ2v) is 9.81. The van der Waals surface area contributed by atoms with Gasteiger partial charge in [-0.2, -0.15) is 0 Å². The van der Waals surface area contributed by atoms with Gasteiger partial charge in [-0.3, -0.25) is 9.52 Å². The van der Waals surface area contributed by atoms with E-state index in [1.165, 1.54) is 0 Å². The van der Waals surface area contributed by atoms with Gasteiger partial charge in [0, 0.05) is 12.1 Å². The summed E-state index contributed by atoms with van der Waals surface area (Å²) in [6.45, 7) is 4.11. The summed E-state index contributed by atoms with van der Waals surface area (Å²) in [5.74, 6) is 0.323. The summed E-state index contributed by atoms with van der Waals surface area (Å²) in [6, 6.07) is 13.3. The molecule has 2 fully saturated rings. The first-order valence-corrected chi connectivity index (χ1v) is 10.4. The molecule has 132 valence electrons. The summed E-state index contributed by atoms with van der Waals surface area (Å²) in [6.07, 6.45) is 2.16. The SMILES string of the molecule is CC1(C)[C@H]2CC[C@@]1(CS(=O)(=O)Nc1ccc3ccccc3c1)C(=O)C2. The van der Waals surface area contributed by atoms with Crippen molar-refractivity contribution in [3.05, 3.63) is 42.5 Å². The van der Waals surface area contributed by atoms with Gasteiger partial charge in [0.25, 0.3) is 0 Å². The quantitative estimate of drug-likeness (QED) is 0.900. The third-order valence-corrected chi connectivity index (χ3v) is 8.02. The first-order valence-electron chi connectivity index (χ1n) is 8.76. The molecule has 25 heavy (non-hydrogen) atoms. The molecular formula is C20H23NO3S. The van der Waals surface area contributed by atoms with E-state index < -0.39 is 15.4 Å². The van der Waals surface area contributed by atoms with Crippen LogP contribution in [-0.2, 0) is 14.8 Å². The Morgan fingerprint density at radius 3 is 2.48 bits per heavy atom. The molecule has 0 amide bonds. The molecule has 0 unspecified atom stereocenters. The summed E-state index contributed by atoms with van der Waals surface area (Å²) in [5.41, 5.74) is -0.435. The predicted molar refractivity (Wildman–Crippen MR) is 99.9 cm³/mol. The summed E-state index contributed by atoms with van der Waals surface area (Å²) in [5, 5.41) is 2.05. The summed E-state index contributed by atoms with van der Waals surface area (Å²) in [4.78, 5) is 12.6. The minimum absolute atomic E-state index is 0.116. The lowest BCUT2D eigenvalue weighted by atomic mass is 9.70. The smallest absolute Gasteiger partial charge is 0.233 e. The molecule has 2 aromatic rings. The molecule has 0 aliphatic heterocycles. The van der Waals surface area contributed by atoms with Crippen LogP contribution in [0.2, 0.25) is 0 Å². The largest absolute Gasteiger partial charge is 0.299 e. The minimum atomic E-state index is -3.61. The topological polar surface area (TPSA) is 63.2 Å². The molecule has 1 N–H and O–H groups in total. The van der Waals surface area contributed by atoms with Crippen LogP contribution in [0.25, 0.3) is 10.8 Å². The molecule has 2 aliphatic rings. The van der Waals surface area contributed by atoms with Gasteiger partial charge < -0.3 is 0 Å². The Morgan fingerprint density at radius 2 is 1.84 bits per heavy atom. The lowest BCUT2D eigenvalue weighted by Gasteiger charge is -2.36. The van der Waals surface area contributed by atoms with Crippen molar-refractivity contribution in [3.63, 3.8) is 0 Å². The monoisotopic (exact) mass is 357 g/mol. The molecular weight excluding hydrogens is 334 g/mol. The number of nitrogens with one attached hydrogen (secondary N) is 1. The number of fused-ring (bicyclic) bond motifs is 3. The molecule has 5 heteroatoms. The van der Waals surface area contributed by atoms with Crippen LogP contribution in [0, 0.1) is 16.7 Å². The van der Waals surface area contributed by atoms with Crippen LogP contribution in [0.15, 0.2) is 42.5 Å². The van der Waals surface area contributed by atoms with E-state index >= 15 is 0 Å². The zero-order chi connectivity index (χ0) is 17.9. The van der Waals surface area contributed by atoms with E-state index in [-0.39, 0.29) is 17.0 Å². The van der Waals surface area contributed by atoms with Crippen molar-refractivity contribution in [2.24, 2.45) is 16.7 Å². The van der Waals surface area contributed by atoms with Gasteiger partial charge in [-0.15, -0.1) is 0 Å². The minimum Gasteiger partial charge on any atom is -0.299 e. The van der Waals surface area contributed by atoms with Crippen LogP contribution >= 0.6 is 0 Å². The van der Waals surface area contributed by atoms with Crippen molar-refractivity contribution < 1.29 is 13.2 Å².